The molecule has 0 aliphatic carbocycles. The lowest BCUT2D eigenvalue weighted by Gasteiger charge is -2.31. The molecule has 0 radical (unpaired) electrons. The molecule has 0 atom stereocenters. The van der Waals surface area contributed by atoms with E-state index in [0.717, 1.165) is 16.8 Å². The predicted octanol–water partition coefficient (Wildman–Crippen LogP) is 4.28. The van der Waals surface area contributed by atoms with E-state index in [4.69, 9.17) is 17.3 Å². The third kappa shape index (κ3) is 3.93. The SMILES string of the molecule is CCC(CC)(C(=O)Nc1ccc(-c2n[nH]c(CN)n2)cc1)c1ccc(Cl)cc1. The van der Waals surface area contributed by atoms with E-state index in [1.165, 1.54) is 0 Å². The van der Waals surface area contributed by atoms with Gasteiger partial charge in [-0.2, -0.15) is 5.10 Å². The van der Waals surface area contributed by atoms with Crippen LogP contribution in [0.5, 0.6) is 0 Å². The van der Waals surface area contributed by atoms with Crippen molar-refractivity contribution >= 4 is 23.2 Å². The maximum absolute atomic E-state index is 13.2. The first-order valence-corrected chi connectivity index (χ1v) is 9.69. The molecule has 4 N–H and O–H groups in total. The molecule has 7 heteroatoms. The molecular weight excluding hydrogens is 374 g/mol. The summed E-state index contributed by atoms with van der Waals surface area (Å²) in [4.78, 5) is 17.5. The van der Waals surface area contributed by atoms with Gasteiger partial charge in [0.15, 0.2) is 5.82 Å². The molecular formula is C21H24ClN5O. The molecule has 1 aromatic heterocycles. The van der Waals surface area contributed by atoms with Crippen LogP contribution in [0.1, 0.15) is 38.1 Å². The van der Waals surface area contributed by atoms with Crippen LogP contribution in [0.3, 0.4) is 0 Å². The molecule has 146 valence electrons. The van der Waals surface area contributed by atoms with Gasteiger partial charge >= 0.3 is 0 Å². The highest BCUT2D eigenvalue weighted by Gasteiger charge is 2.36. The minimum Gasteiger partial charge on any atom is -0.325 e. The predicted molar refractivity (Wildman–Crippen MR) is 112 cm³/mol. The van der Waals surface area contributed by atoms with Crippen LogP contribution in [0.4, 0.5) is 5.69 Å². The van der Waals surface area contributed by atoms with Crippen molar-refractivity contribution in [2.75, 3.05) is 5.32 Å². The zero-order chi connectivity index (χ0) is 20.1. The van der Waals surface area contributed by atoms with Crippen LogP contribution in [0.15, 0.2) is 48.5 Å². The lowest BCUT2D eigenvalue weighted by molar-refractivity contribution is -0.121. The molecule has 3 aromatic rings. The highest BCUT2D eigenvalue weighted by molar-refractivity contribution is 6.30. The Hall–Kier alpha value is -2.70. The number of carbonyl (C=O) groups is 1. The van der Waals surface area contributed by atoms with Gasteiger partial charge in [0.25, 0.3) is 0 Å². The van der Waals surface area contributed by atoms with Crippen LogP contribution in [0.2, 0.25) is 5.02 Å². The van der Waals surface area contributed by atoms with E-state index in [9.17, 15) is 4.79 Å². The maximum Gasteiger partial charge on any atom is 0.235 e. The number of benzene rings is 2. The molecule has 6 nitrogen and oxygen atoms in total. The molecule has 0 bridgehead atoms. The average molecular weight is 398 g/mol. The van der Waals surface area contributed by atoms with Crippen LogP contribution < -0.4 is 11.1 Å². The van der Waals surface area contributed by atoms with Gasteiger partial charge < -0.3 is 11.1 Å². The summed E-state index contributed by atoms with van der Waals surface area (Å²) in [7, 11) is 0. The second-order valence-electron chi connectivity index (χ2n) is 6.64. The second kappa shape index (κ2) is 8.54. The molecule has 28 heavy (non-hydrogen) atoms. The molecule has 0 aliphatic rings. The van der Waals surface area contributed by atoms with Crippen molar-refractivity contribution in [1.82, 2.24) is 15.2 Å². The molecule has 2 aromatic carbocycles. The maximum atomic E-state index is 13.2. The fourth-order valence-electron chi connectivity index (χ4n) is 3.35. The smallest absolute Gasteiger partial charge is 0.235 e. The summed E-state index contributed by atoms with van der Waals surface area (Å²) >= 11 is 6.01. The van der Waals surface area contributed by atoms with Crippen molar-refractivity contribution < 1.29 is 4.79 Å². The molecule has 0 saturated carbocycles. The van der Waals surface area contributed by atoms with Crippen LogP contribution in [0, 0.1) is 0 Å². The number of aromatic nitrogens is 3. The standard InChI is InChI=1S/C21H24ClN5O/c1-3-21(4-2,15-7-9-16(22)10-8-15)20(28)24-17-11-5-14(6-12-17)19-25-18(13-23)26-27-19/h5-12H,3-4,13,23H2,1-2H3,(H,24,28)(H,25,26,27). The first kappa shape index (κ1) is 20.0. The zero-order valence-corrected chi connectivity index (χ0v) is 16.8. The number of hydrogen-bond acceptors (Lipinski definition) is 4. The molecule has 0 unspecified atom stereocenters. The summed E-state index contributed by atoms with van der Waals surface area (Å²) in [5.41, 5.74) is 7.49. The summed E-state index contributed by atoms with van der Waals surface area (Å²) < 4.78 is 0. The summed E-state index contributed by atoms with van der Waals surface area (Å²) in [6, 6.07) is 15.0. The highest BCUT2D eigenvalue weighted by atomic mass is 35.5. The largest absolute Gasteiger partial charge is 0.325 e. The van der Waals surface area contributed by atoms with Crippen LogP contribution >= 0.6 is 11.6 Å². The normalized spacial score (nSPS) is 11.4. The summed E-state index contributed by atoms with van der Waals surface area (Å²) in [6.07, 6.45) is 1.38. The van der Waals surface area contributed by atoms with Crippen molar-refractivity contribution in [1.29, 1.82) is 0 Å². The molecule has 0 spiro atoms. The van der Waals surface area contributed by atoms with Gasteiger partial charge in [0.2, 0.25) is 5.91 Å². The molecule has 1 heterocycles. The Morgan fingerprint density at radius 1 is 1.11 bits per heavy atom. The Bertz CT molecular complexity index is 930. The lowest BCUT2D eigenvalue weighted by atomic mass is 9.75. The lowest BCUT2D eigenvalue weighted by Crippen LogP contribution is -2.39. The number of rotatable bonds is 7. The van der Waals surface area contributed by atoms with Gasteiger partial charge in [-0.25, -0.2) is 4.98 Å². The van der Waals surface area contributed by atoms with E-state index in [1.807, 2.05) is 62.4 Å². The van der Waals surface area contributed by atoms with Crippen molar-refractivity contribution in [2.24, 2.45) is 5.73 Å². The summed E-state index contributed by atoms with van der Waals surface area (Å²) in [6.45, 7) is 4.36. The Balaban J connectivity index is 1.81. The zero-order valence-electron chi connectivity index (χ0n) is 16.0. The van der Waals surface area contributed by atoms with Gasteiger partial charge in [-0.15, -0.1) is 0 Å². The second-order valence-corrected chi connectivity index (χ2v) is 7.07. The molecule has 0 aliphatic heterocycles. The number of aromatic amines is 1. The van der Waals surface area contributed by atoms with Gasteiger partial charge in [-0.05, 0) is 54.8 Å². The van der Waals surface area contributed by atoms with Gasteiger partial charge in [-0.3, -0.25) is 9.89 Å². The number of carbonyl (C=O) groups excluding carboxylic acids is 1. The van der Waals surface area contributed by atoms with Crippen LogP contribution in [-0.4, -0.2) is 21.1 Å². The van der Waals surface area contributed by atoms with E-state index in [1.54, 1.807) is 0 Å². The Morgan fingerprint density at radius 2 is 1.75 bits per heavy atom. The number of hydrogen-bond donors (Lipinski definition) is 3. The van der Waals surface area contributed by atoms with Gasteiger partial charge in [0, 0.05) is 16.3 Å². The average Bonchev–Trinajstić information content (AvgIpc) is 3.20. The first-order chi connectivity index (χ1) is 13.5. The Labute approximate surface area is 169 Å². The Kier molecular flexibility index (Phi) is 6.11. The van der Waals surface area contributed by atoms with Gasteiger partial charge in [-0.1, -0.05) is 37.6 Å². The van der Waals surface area contributed by atoms with E-state index >= 15 is 0 Å². The molecule has 1 amide bonds. The third-order valence-electron chi connectivity index (χ3n) is 5.16. The Morgan fingerprint density at radius 3 is 2.29 bits per heavy atom. The minimum absolute atomic E-state index is 0.0316. The number of nitrogens with two attached hydrogens (primary N) is 1. The van der Waals surface area contributed by atoms with Crippen molar-refractivity contribution in [3.63, 3.8) is 0 Å². The highest BCUT2D eigenvalue weighted by Crippen LogP contribution is 2.34. The number of nitrogens with one attached hydrogen (secondary N) is 2. The minimum atomic E-state index is -0.608. The number of nitrogens with zero attached hydrogens (tertiary/aromatic N) is 2. The quantitative estimate of drug-likeness (QED) is 0.554. The fourth-order valence-corrected chi connectivity index (χ4v) is 3.47. The number of anilines is 1. The van der Waals surface area contributed by atoms with Gasteiger partial charge in [0.1, 0.15) is 5.82 Å². The molecule has 3 rings (SSSR count). The topological polar surface area (TPSA) is 96.7 Å². The van der Waals surface area contributed by atoms with E-state index < -0.39 is 5.41 Å². The number of H-pyrrole nitrogens is 1. The van der Waals surface area contributed by atoms with Crippen molar-refractivity contribution in [2.45, 2.75) is 38.6 Å². The summed E-state index contributed by atoms with van der Waals surface area (Å²) in [5.74, 6) is 1.18. The van der Waals surface area contributed by atoms with E-state index in [2.05, 4.69) is 20.5 Å². The third-order valence-corrected chi connectivity index (χ3v) is 5.42. The molecule has 0 fully saturated rings. The van der Waals surface area contributed by atoms with Gasteiger partial charge in [0.05, 0.1) is 12.0 Å². The molecule has 0 saturated heterocycles. The van der Waals surface area contributed by atoms with E-state index in [-0.39, 0.29) is 5.91 Å². The first-order valence-electron chi connectivity index (χ1n) is 9.31. The monoisotopic (exact) mass is 397 g/mol. The fraction of sp³-hybridized carbons (Fsp3) is 0.286. The summed E-state index contributed by atoms with van der Waals surface area (Å²) in [5, 5.41) is 10.6. The van der Waals surface area contributed by atoms with Crippen LogP contribution in [0.25, 0.3) is 11.4 Å². The van der Waals surface area contributed by atoms with Crippen molar-refractivity contribution in [3.8, 4) is 11.4 Å². The van der Waals surface area contributed by atoms with Crippen LogP contribution in [-0.2, 0) is 16.8 Å². The van der Waals surface area contributed by atoms with Crippen molar-refractivity contribution in [3.05, 3.63) is 64.9 Å². The number of amides is 1. The number of halogens is 1. The van der Waals surface area contributed by atoms with E-state index in [0.29, 0.717) is 36.1 Å².